The van der Waals surface area contributed by atoms with Gasteiger partial charge in [-0.05, 0) is 92.4 Å². The van der Waals surface area contributed by atoms with Crippen molar-refractivity contribution in [2.45, 2.75) is 72.6 Å². The SMILES string of the molecule is CC[C@@H](c1nnnn1C(C)(C)C)N(Cc1ccc(OC)cc1)Cc1cc2c(C)cc(C)cc2[nH]c1=O. The van der Waals surface area contributed by atoms with Crippen LogP contribution in [0.15, 0.2) is 47.3 Å². The Morgan fingerprint density at radius 3 is 2.44 bits per heavy atom. The average Bonchev–Trinajstić information content (AvgIpc) is 3.31. The van der Waals surface area contributed by atoms with Crippen LogP contribution in [0, 0.1) is 13.8 Å². The average molecular weight is 489 g/mol. The summed E-state index contributed by atoms with van der Waals surface area (Å²) in [6.45, 7) is 13.6. The van der Waals surface area contributed by atoms with Gasteiger partial charge in [-0.15, -0.1) is 5.10 Å². The minimum Gasteiger partial charge on any atom is -0.497 e. The number of ether oxygens (including phenoxy) is 1. The molecule has 1 atom stereocenters. The van der Waals surface area contributed by atoms with Crippen LogP contribution in [-0.2, 0) is 18.6 Å². The van der Waals surface area contributed by atoms with Crippen molar-refractivity contribution in [1.29, 1.82) is 0 Å². The fourth-order valence-electron chi connectivity index (χ4n) is 4.78. The Hall–Kier alpha value is -3.52. The number of aryl methyl sites for hydroxylation is 2. The molecule has 0 spiro atoms. The number of hydrogen-bond acceptors (Lipinski definition) is 6. The van der Waals surface area contributed by atoms with E-state index in [0.717, 1.165) is 51.2 Å². The molecule has 8 nitrogen and oxygen atoms in total. The molecule has 190 valence electrons. The van der Waals surface area contributed by atoms with Gasteiger partial charge in [-0.2, -0.15) is 0 Å². The Kier molecular flexibility index (Phi) is 7.26. The first kappa shape index (κ1) is 25.6. The van der Waals surface area contributed by atoms with Gasteiger partial charge in [0, 0.05) is 29.6 Å². The van der Waals surface area contributed by atoms with E-state index in [2.05, 4.69) is 78.2 Å². The Morgan fingerprint density at radius 1 is 1.08 bits per heavy atom. The van der Waals surface area contributed by atoms with Crippen molar-refractivity contribution in [2.75, 3.05) is 7.11 Å². The first-order chi connectivity index (χ1) is 17.1. The summed E-state index contributed by atoms with van der Waals surface area (Å²) in [7, 11) is 1.66. The molecule has 0 aliphatic rings. The van der Waals surface area contributed by atoms with Crippen molar-refractivity contribution < 1.29 is 4.74 Å². The Morgan fingerprint density at radius 2 is 1.81 bits per heavy atom. The van der Waals surface area contributed by atoms with Crippen molar-refractivity contribution in [3.05, 3.63) is 80.9 Å². The second-order valence-corrected chi connectivity index (χ2v) is 10.5. The summed E-state index contributed by atoms with van der Waals surface area (Å²) in [4.78, 5) is 18.6. The predicted octanol–water partition coefficient (Wildman–Crippen LogP) is 5.05. The minimum absolute atomic E-state index is 0.0718. The van der Waals surface area contributed by atoms with Crippen LogP contribution in [0.4, 0.5) is 0 Å². The maximum Gasteiger partial charge on any atom is 0.252 e. The van der Waals surface area contributed by atoms with Crippen molar-refractivity contribution in [3.8, 4) is 5.75 Å². The fourth-order valence-corrected chi connectivity index (χ4v) is 4.78. The summed E-state index contributed by atoms with van der Waals surface area (Å²) in [5.74, 6) is 1.60. The Bertz CT molecular complexity index is 1400. The van der Waals surface area contributed by atoms with Gasteiger partial charge in [-0.3, -0.25) is 9.69 Å². The van der Waals surface area contributed by atoms with E-state index in [9.17, 15) is 4.79 Å². The van der Waals surface area contributed by atoms with Crippen LogP contribution in [-0.4, -0.2) is 37.2 Å². The summed E-state index contributed by atoms with van der Waals surface area (Å²) in [5, 5.41) is 13.8. The van der Waals surface area contributed by atoms with Gasteiger partial charge in [0.1, 0.15) is 5.75 Å². The van der Waals surface area contributed by atoms with E-state index in [0.29, 0.717) is 13.1 Å². The van der Waals surface area contributed by atoms with Crippen LogP contribution < -0.4 is 10.3 Å². The standard InChI is InChI=1S/C28H36N6O2/c1-8-25(26-30-31-32-34(26)28(4,5)6)33(16-20-9-11-22(36-7)12-10-20)17-21-15-23-19(3)13-18(2)14-24(23)29-27(21)35/h9-15,25H,8,16-17H2,1-7H3,(H,29,35)/t25-/m0/s1. The number of nitrogens with zero attached hydrogens (tertiary/aromatic N) is 5. The zero-order valence-corrected chi connectivity index (χ0v) is 22.3. The first-order valence-electron chi connectivity index (χ1n) is 12.4. The van der Waals surface area contributed by atoms with Crippen molar-refractivity contribution in [2.24, 2.45) is 0 Å². The molecule has 0 fully saturated rings. The van der Waals surface area contributed by atoms with E-state index < -0.39 is 0 Å². The van der Waals surface area contributed by atoms with Crippen molar-refractivity contribution in [3.63, 3.8) is 0 Å². The number of nitrogens with one attached hydrogen (secondary N) is 1. The van der Waals surface area contributed by atoms with E-state index in [4.69, 9.17) is 4.74 Å². The van der Waals surface area contributed by atoms with E-state index in [1.165, 1.54) is 0 Å². The Balaban J connectivity index is 1.78. The van der Waals surface area contributed by atoms with Gasteiger partial charge in [0.05, 0.1) is 18.7 Å². The van der Waals surface area contributed by atoms with Crippen LogP contribution in [0.25, 0.3) is 10.9 Å². The van der Waals surface area contributed by atoms with E-state index >= 15 is 0 Å². The van der Waals surface area contributed by atoms with Gasteiger partial charge in [0.25, 0.3) is 5.56 Å². The van der Waals surface area contributed by atoms with Crippen molar-refractivity contribution >= 4 is 10.9 Å². The molecule has 0 amide bonds. The lowest BCUT2D eigenvalue weighted by atomic mass is 10.0. The molecule has 0 unspecified atom stereocenters. The summed E-state index contributed by atoms with van der Waals surface area (Å²) in [6, 6.07) is 14.1. The smallest absolute Gasteiger partial charge is 0.252 e. The molecular formula is C28H36N6O2. The molecule has 2 aromatic carbocycles. The highest BCUT2D eigenvalue weighted by Crippen LogP contribution is 2.29. The number of tetrazole rings is 1. The molecule has 4 aromatic rings. The zero-order chi connectivity index (χ0) is 26.0. The van der Waals surface area contributed by atoms with Crippen LogP contribution >= 0.6 is 0 Å². The highest BCUT2D eigenvalue weighted by Gasteiger charge is 2.29. The molecular weight excluding hydrogens is 452 g/mol. The minimum atomic E-state index is -0.270. The molecule has 8 heteroatoms. The predicted molar refractivity (Wildman–Crippen MR) is 142 cm³/mol. The highest BCUT2D eigenvalue weighted by molar-refractivity contribution is 5.83. The van der Waals surface area contributed by atoms with Gasteiger partial charge >= 0.3 is 0 Å². The molecule has 0 aliphatic carbocycles. The second-order valence-electron chi connectivity index (χ2n) is 10.5. The van der Waals surface area contributed by atoms with E-state index in [1.807, 2.05) is 35.9 Å². The molecule has 2 heterocycles. The largest absolute Gasteiger partial charge is 0.497 e. The molecule has 0 radical (unpaired) electrons. The number of pyridine rings is 1. The molecule has 0 saturated heterocycles. The summed E-state index contributed by atoms with van der Waals surface area (Å²) < 4.78 is 7.23. The van der Waals surface area contributed by atoms with Crippen molar-refractivity contribution in [1.82, 2.24) is 30.1 Å². The van der Waals surface area contributed by atoms with Gasteiger partial charge in [-0.1, -0.05) is 25.1 Å². The maximum atomic E-state index is 13.2. The molecule has 0 bridgehead atoms. The fraction of sp³-hybridized carbons (Fsp3) is 0.429. The molecule has 1 N–H and O–H groups in total. The summed E-state index contributed by atoms with van der Waals surface area (Å²) in [5.41, 5.74) is 4.64. The lowest BCUT2D eigenvalue weighted by molar-refractivity contribution is 0.153. The first-order valence-corrected chi connectivity index (χ1v) is 12.4. The third-order valence-corrected chi connectivity index (χ3v) is 6.56. The summed E-state index contributed by atoms with van der Waals surface area (Å²) in [6.07, 6.45) is 0.788. The third kappa shape index (κ3) is 5.33. The number of hydrogen-bond donors (Lipinski definition) is 1. The van der Waals surface area contributed by atoms with Gasteiger partial charge < -0.3 is 9.72 Å². The number of aromatic nitrogens is 5. The number of benzene rings is 2. The number of aromatic amines is 1. The number of methoxy groups -OCH3 is 1. The molecule has 2 aromatic heterocycles. The maximum absolute atomic E-state index is 13.2. The van der Waals surface area contributed by atoms with E-state index in [1.54, 1.807) is 7.11 Å². The molecule has 0 aliphatic heterocycles. The van der Waals surface area contributed by atoms with Gasteiger partial charge in [0.15, 0.2) is 5.82 Å². The molecule has 4 rings (SSSR count). The molecule has 0 saturated carbocycles. The van der Waals surface area contributed by atoms with Crippen LogP contribution in [0.5, 0.6) is 5.75 Å². The normalized spacial score (nSPS) is 12.9. The van der Waals surface area contributed by atoms with Gasteiger partial charge in [-0.25, -0.2) is 4.68 Å². The summed E-state index contributed by atoms with van der Waals surface area (Å²) >= 11 is 0. The quantitative estimate of drug-likeness (QED) is 0.373. The van der Waals surface area contributed by atoms with Crippen LogP contribution in [0.2, 0.25) is 0 Å². The Labute approximate surface area is 212 Å². The lowest BCUT2D eigenvalue weighted by Gasteiger charge is -2.32. The topological polar surface area (TPSA) is 88.9 Å². The zero-order valence-electron chi connectivity index (χ0n) is 22.3. The second kappa shape index (κ2) is 10.2. The molecule has 36 heavy (non-hydrogen) atoms. The van der Waals surface area contributed by atoms with Crippen LogP contribution in [0.3, 0.4) is 0 Å². The third-order valence-electron chi connectivity index (χ3n) is 6.56. The van der Waals surface area contributed by atoms with Crippen LogP contribution in [0.1, 0.15) is 68.2 Å². The lowest BCUT2D eigenvalue weighted by Crippen LogP contribution is -2.35. The number of fused-ring (bicyclic) bond motifs is 1. The number of rotatable bonds is 8. The highest BCUT2D eigenvalue weighted by atomic mass is 16.5. The number of H-pyrrole nitrogens is 1. The van der Waals surface area contributed by atoms with E-state index in [-0.39, 0.29) is 17.1 Å². The monoisotopic (exact) mass is 488 g/mol. The van der Waals surface area contributed by atoms with Gasteiger partial charge in [0.2, 0.25) is 0 Å².